The Morgan fingerprint density at radius 3 is 2.26 bits per heavy atom. The van der Waals surface area contributed by atoms with Gasteiger partial charge in [0.25, 0.3) is 0 Å². The van der Waals surface area contributed by atoms with Crippen LogP contribution in [0, 0.1) is 5.82 Å². The van der Waals surface area contributed by atoms with Gasteiger partial charge in [0.1, 0.15) is 16.5 Å². The van der Waals surface area contributed by atoms with Gasteiger partial charge in [-0.05, 0) is 67.3 Å². The number of nitrogens with zero attached hydrogens (tertiary/aromatic N) is 2. The number of amides is 1. The number of anilines is 1. The number of halogens is 3. The van der Waals surface area contributed by atoms with Gasteiger partial charge in [-0.3, -0.25) is 4.79 Å². The molecule has 3 aromatic carbocycles. The summed E-state index contributed by atoms with van der Waals surface area (Å²) in [4.78, 5) is 12.7. The van der Waals surface area contributed by atoms with E-state index in [1.165, 1.54) is 12.1 Å². The number of rotatable bonds is 8. The zero-order valence-corrected chi connectivity index (χ0v) is 22.5. The lowest BCUT2D eigenvalue weighted by molar-refractivity contribution is -0.115. The van der Waals surface area contributed by atoms with Crippen LogP contribution in [0.15, 0.2) is 65.1 Å². The van der Waals surface area contributed by atoms with Crippen molar-refractivity contribution in [2.45, 2.75) is 36.9 Å². The van der Waals surface area contributed by atoms with Gasteiger partial charge < -0.3 is 9.73 Å². The Bertz CT molecular complexity index is 1550. The monoisotopic (exact) mass is 573 g/mol. The van der Waals surface area contributed by atoms with Crippen LogP contribution >= 0.6 is 23.2 Å². The molecule has 1 amide bonds. The molecule has 4 aromatic rings. The Kier molecular flexibility index (Phi) is 7.26. The average Bonchev–Trinajstić information content (AvgIpc) is 3.50. The molecule has 0 bridgehead atoms. The Labute approximate surface area is 229 Å². The van der Waals surface area contributed by atoms with Crippen LogP contribution in [-0.4, -0.2) is 24.5 Å². The summed E-state index contributed by atoms with van der Waals surface area (Å²) in [7, 11) is -2.57. The smallest absolute Gasteiger partial charge is 0.247 e. The Morgan fingerprint density at radius 1 is 1.05 bits per heavy atom. The van der Waals surface area contributed by atoms with Crippen molar-refractivity contribution in [3.8, 4) is 11.5 Å². The summed E-state index contributed by atoms with van der Waals surface area (Å²) in [6.45, 7) is 1.61. The average molecular weight is 574 g/mol. The van der Waals surface area contributed by atoms with Gasteiger partial charge in [-0.1, -0.05) is 47.5 Å². The lowest BCUT2D eigenvalue weighted by Crippen LogP contribution is -2.16. The van der Waals surface area contributed by atoms with Crippen LogP contribution in [0.25, 0.3) is 11.5 Å². The van der Waals surface area contributed by atoms with Crippen molar-refractivity contribution in [1.29, 1.82) is 0 Å². The first-order chi connectivity index (χ1) is 18.2. The van der Waals surface area contributed by atoms with Crippen LogP contribution in [0.3, 0.4) is 0 Å². The molecule has 0 aliphatic heterocycles. The topological polar surface area (TPSA) is 102 Å². The van der Waals surface area contributed by atoms with E-state index in [2.05, 4.69) is 15.5 Å². The number of benzene rings is 3. The van der Waals surface area contributed by atoms with Crippen LogP contribution in [0.5, 0.6) is 0 Å². The molecular formula is C27H22Cl2FN3O4S. The van der Waals surface area contributed by atoms with E-state index in [0.717, 1.165) is 5.56 Å². The third-order valence-electron chi connectivity index (χ3n) is 6.62. The third kappa shape index (κ3) is 5.32. The zero-order valence-electron chi connectivity index (χ0n) is 20.1. The number of hydrogen-bond acceptors (Lipinski definition) is 6. The predicted molar refractivity (Wildman–Crippen MR) is 144 cm³/mol. The van der Waals surface area contributed by atoms with Crippen LogP contribution < -0.4 is 5.32 Å². The summed E-state index contributed by atoms with van der Waals surface area (Å²) >= 11 is 13.3. The summed E-state index contributed by atoms with van der Waals surface area (Å²) in [5.41, 5.74) is 2.46. The summed E-state index contributed by atoms with van der Waals surface area (Å²) in [6.07, 6.45) is 1.50. The molecule has 196 valence electrons. The number of carbonyl (C=O) groups is 1. The maximum Gasteiger partial charge on any atom is 0.247 e. The SMILES string of the molecule is CC(c1ccc(CC(=O)Nc2cc(Cl)c(C3(c4nnc(-c5ccc(F)cc5)o4)CC3)c(Cl)c2)cc1)[SH](=O)=O. The Morgan fingerprint density at radius 2 is 1.68 bits per heavy atom. The largest absolute Gasteiger partial charge is 0.420 e. The fraction of sp³-hybridized carbons (Fsp3) is 0.222. The van der Waals surface area contributed by atoms with Crippen molar-refractivity contribution in [3.05, 3.63) is 99.1 Å². The molecule has 5 rings (SSSR count). The molecule has 1 heterocycles. The summed E-state index contributed by atoms with van der Waals surface area (Å²) < 4.78 is 41.6. The minimum absolute atomic E-state index is 0.0905. The molecule has 7 nitrogen and oxygen atoms in total. The number of nitrogens with one attached hydrogen (secondary N) is 1. The van der Waals surface area contributed by atoms with Crippen LogP contribution in [0.1, 0.15) is 47.6 Å². The first-order valence-electron chi connectivity index (χ1n) is 11.8. The number of hydrogen-bond donors (Lipinski definition) is 2. The highest BCUT2D eigenvalue weighted by Crippen LogP contribution is 2.57. The van der Waals surface area contributed by atoms with E-state index < -0.39 is 21.4 Å². The molecule has 1 aliphatic rings. The first-order valence-corrected chi connectivity index (χ1v) is 13.8. The Hall–Kier alpha value is -3.27. The number of thiol groups is 1. The molecular weight excluding hydrogens is 552 g/mol. The van der Waals surface area contributed by atoms with Crippen LogP contribution in [0.4, 0.5) is 10.1 Å². The highest BCUT2D eigenvalue weighted by atomic mass is 35.5. The lowest BCUT2D eigenvalue weighted by Gasteiger charge is -2.17. The summed E-state index contributed by atoms with van der Waals surface area (Å²) in [5.74, 6) is 0.00592. The van der Waals surface area contributed by atoms with Gasteiger partial charge in [-0.25, -0.2) is 12.8 Å². The second-order valence-corrected chi connectivity index (χ2v) is 11.4. The van der Waals surface area contributed by atoms with Crippen molar-refractivity contribution in [2.24, 2.45) is 0 Å². The molecule has 38 heavy (non-hydrogen) atoms. The van der Waals surface area contributed by atoms with E-state index >= 15 is 0 Å². The van der Waals surface area contributed by atoms with Gasteiger partial charge >= 0.3 is 0 Å². The molecule has 1 atom stereocenters. The molecule has 1 N–H and O–H groups in total. The maximum absolute atomic E-state index is 13.3. The summed E-state index contributed by atoms with van der Waals surface area (Å²) in [5, 5.41) is 11.3. The van der Waals surface area contributed by atoms with Crippen molar-refractivity contribution in [2.75, 3.05) is 5.32 Å². The van der Waals surface area contributed by atoms with Crippen molar-refractivity contribution >= 4 is 45.5 Å². The minimum atomic E-state index is -2.57. The second-order valence-electron chi connectivity index (χ2n) is 9.24. The van der Waals surface area contributed by atoms with Crippen LogP contribution in [-0.2, 0) is 27.3 Å². The van der Waals surface area contributed by atoms with Gasteiger partial charge in [0.2, 0.25) is 17.7 Å². The molecule has 1 unspecified atom stereocenters. The fourth-order valence-electron chi connectivity index (χ4n) is 4.35. The third-order valence-corrected chi connectivity index (χ3v) is 8.15. The molecule has 0 saturated heterocycles. The van der Waals surface area contributed by atoms with Gasteiger partial charge in [-0.15, -0.1) is 10.2 Å². The predicted octanol–water partition coefficient (Wildman–Crippen LogP) is 6.12. The molecule has 1 saturated carbocycles. The van der Waals surface area contributed by atoms with E-state index in [4.69, 9.17) is 27.6 Å². The quantitative estimate of drug-likeness (QED) is 0.246. The van der Waals surface area contributed by atoms with E-state index in [1.807, 2.05) is 0 Å². The fourth-order valence-corrected chi connectivity index (χ4v) is 5.61. The van der Waals surface area contributed by atoms with E-state index in [9.17, 15) is 17.6 Å². The molecule has 0 spiro atoms. The first kappa shape index (κ1) is 26.3. The van der Waals surface area contributed by atoms with E-state index in [1.54, 1.807) is 55.5 Å². The van der Waals surface area contributed by atoms with Crippen molar-refractivity contribution < 1.29 is 22.0 Å². The van der Waals surface area contributed by atoms with Gasteiger partial charge in [-0.2, -0.15) is 0 Å². The molecule has 0 radical (unpaired) electrons. The highest BCUT2D eigenvalue weighted by Gasteiger charge is 2.53. The van der Waals surface area contributed by atoms with Gasteiger partial charge in [0, 0.05) is 26.9 Å². The highest BCUT2D eigenvalue weighted by molar-refractivity contribution is 7.72. The second kappa shape index (κ2) is 10.5. The van der Waals surface area contributed by atoms with Crippen molar-refractivity contribution in [1.82, 2.24) is 10.2 Å². The molecule has 11 heteroatoms. The van der Waals surface area contributed by atoms with Crippen molar-refractivity contribution in [3.63, 3.8) is 0 Å². The number of carbonyl (C=O) groups excluding carboxylic acids is 1. The normalized spacial score (nSPS) is 14.9. The molecule has 1 fully saturated rings. The Balaban J connectivity index is 1.31. The van der Waals surface area contributed by atoms with Crippen LogP contribution in [0.2, 0.25) is 10.0 Å². The van der Waals surface area contributed by atoms with E-state index in [-0.39, 0.29) is 24.0 Å². The standard InChI is InChI=1S/C27H22Cl2FN3O4S/c1-15(38(35)36)17-4-2-16(3-5-17)12-23(34)31-20-13-21(28)24(22(29)14-20)27(10-11-27)26-33-32-25(37-26)18-6-8-19(30)9-7-18/h2-9,13-15,38H,10-12H2,1H3,(H,31,34). The number of aromatic nitrogens is 2. The molecule has 1 aliphatic carbocycles. The van der Waals surface area contributed by atoms with Gasteiger partial charge in [0.05, 0.1) is 17.1 Å². The lowest BCUT2D eigenvalue weighted by atomic mass is 9.95. The summed E-state index contributed by atoms with van der Waals surface area (Å²) in [6, 6.07) is 15.9. The maximum atomic E-state index is 13.3. The molecule has 1 aromatic heterocycles. The van der Waals surface area contributed by atoms with Gasteiger partial charge in [0.15, 0.2) is 0 Å². The zero-order chi connectivity index (χ0) is 27.0. The van der Waals surface area contributed by atoms with E-state index in [0.29, 0.717) is 51.2 Å². The minimum Gasteiger partial charge on any atom is -0.420 e.